The summed E-state index contributed by atoms with van der Waals surface area (Å²) in [6, 6.07) is 4.21. The summed E-state index contributed by atoms with van der Waals surface area (Å²) in [6.07, 6.45) is 1.49. The van der Waals surface area contributed by atoms with Gasteiger partial charge >= 0.3 is 5.97 Å². The van der Waals surface area contributed by atoms with Gasteiger partial charge < -0.3 is 5.11 Å². The molecule has 0 radical (unpaired) electrons. The zero-order chi connectivity index (χ0) is 10.8. The molecule has 0 bridgehead atoms. The van der Waals surface area contributed by atoms with Crippen LogP contribution >= 0.6 is 0 Å². The third kappa shape index (κ3) is 1.74. The number of hydrogen-bond donors (Lipinski definition) is 2. The molecule has 1 aromatic heterocycles. The maximum absolute atomic E-state index is 11.1. The van der Waals surface area contributed by atoms with E-state index in [0.29, 0.717) is 5.82 Å². The van der Waals surface area contributed by atoms with Crippen LogP contribution in [0.2, 0.25) is 0 Å². The van der Waals surface area contributed by atoms with Crippen LogP contribution in [0.5, 0.6) is 0 Å². The average Bonchev–Trinajstić information content (AvgIpc) is 2.62. The fourth-order valence-corrected chi connectivity index (χ4v) is 1.44. The van der Waals surface area contributed by atoms with Gasteiger partial charge in [-0.05, 0) is 12.1 Å². The number of nitrogens with one attached hydrogen (secondary N) is 1. The molecule has 2 N–H and O–H groups in total. The van der Waals surface area contributed by atoms with Crippen molar-refractivity contribution in [3.05, 3.63) is 24.4 Å². The van der Waals surface area contributed by atoms with E-state index in [0.717, 1.165) is 0 Å². The summed E-state index contributed by atoms with van der Waals surface area (Å²) in [5.41, 5.74) is 2.45. The van der Waals surface area contributed by atoms with E-state index in [1.54, 1.807) is 24.4 Å². The number of pyridine rings is 1. The maximum Gasteiger partial charge on any atom is 0.329 e. The number of rotatable bonds is 2. The van der Waals surface area contributed by atoms with Crippen molar-refractivity contribution in [2.45, 2.75) is 12.5 Å². The van der Waals surface area contributed by atoms with Gasteiger partial charge in [0.2, 0.25) is 5.91 Å². The predicted octanol–water partition coefficient (Wildman–Crippen LogP) is -0.224. The Morgan fingerprint density at radius 3 is 3.00 bits per heavy atom. The highest BCUT2D eigenvalue weighted by molar-refractivity contribution is 5.92. The lowest BCUT2D eigenvalue weighted by atomic mass is 10.2. The summed E-state index contributed by atoms with van der Waals surface area (Å²) < 4.78 is 0. The molecule has 1 fully saturated rings. The second kappa shape index (κ2) is 3.56. The van der Waals surface area contributed by atoms with Crippen LogP contribution in [0.4, 0.5) is 5.82 Å². The highest BCUT2D eigenvalue weighted by Gasteiger charge is 2.36. The van der Waals surface area contributed by atoms with E-state index >= 15 is 0 Å². The monoisotopic (exact) mass is 207 g/mol. The van der Waals surface area contributed by atoms with Gasteiger partial charge in [0.25, 0.3) is 0 Å². The molecule has 2 heterocycles. The minimum atomic E-state index is -1.04. The Kier molecular flexibility index (Phi) is 2.24. The Bertz CT molecular complexity index is 393. The summed E-state index contributed by atoms with van der Waals surface area (Å²) in [4.78, 5) is 25.9. The van der Waals surface area contributed by atoms with Crippen molar-refractivity contribution in [3.8, 4) is 0 Å². The summed E-state index contributed by atoms with van der Waals surface area (Å²) in [5.74, 6) is -0.928. The summed E-state index contributed by atoms with van der Waals surface area (Å²) in [6.45, 7) is 0. The van der Waals surface area contributed by atoms with Crippen LogP contribution in [0.1, 0.15) is 6.42 Å². The smallest absolute Gasteiger partial charge is 0.329 e. The number of aliphatic carboxylic acids is 1. The first-order valence-corrected chi connectivity index (χ1v) is 4.41. The van der Waals surface area contributed by atoms with Gasteiger partial charge in [-0.3, -0.25) is 15.2 Å². The molecule has 6 heteroatoms. The SMILES string of the molecule is O=C1CC(C(=O)O)N(c2ccccn2)N1. The van der Waals surface area contributed by atoms with Gasteiger partial charge in [-0.15, -0.1) is 0 Å². The first kappa shape index (κ1) is 9.45. The number of anilines is 1. The molecular formula is C9H9N3O3. The van der Waals surface area contributed by atoms with Crippen molar-refractivity contribution in [2.24, 2.45) is 0 Å². The lowest BCUT2D eigenvalue weighted by molar-refractivity contribution is -0.139. The van der Waals surface area contributed by atoms with Crippen molar-refractivity contribution in [1.29, 1.82) is 0 Å². The first-order valence-electron chi connectivity index (χ1n) is 4.41. The standard InChI is InChI=1S/C9H9N3O3/c13-8-5-6(9(14)15)12(11-8)7-3-1-2-4-10-7/h1-4,6H,5H2,(H,11,13)(H,14,15). The molecule has 0 spiro atoms. The Hall–Kier alpha value is -2.11. The van der Waals surface area contributed by atoms with Gasteiger partial charge in [0.1, 0.15) is 5.82 Å². The molecule has 1 aliphatic rings. The minimum absolute atomic E-state index is 0.0497. The van der Waals surface area contributed by atoms with Crippen LogP contribution in [-0.4, -0.2) is 28.0 Å². The number of hydrogen-bond acceptors (Lipinski definition) is 4. The molecule has 0 aromatic carbocycles. The summed E-state index contributed by atoms with van der Waals surface area (Å²) >= 11 is 0. The lowest BCUT2D eigenvalue weighted by Crippen LogP contribution is -2.42. The minimum Gasteiger partial charge on any atom is -0.480 e. The van der Waals surface area contributed by atoms with Gasteiger partial charge in [0.15, 0.2) is 6.04 Å². The van der Waals surface area contributed by atoms with Crippen LogP contribution in [0.3, 0.4) is 0 Å². The highest BCUT2D eigenvalue weighted by Crippen LogP contribution is 2.17. The van der Waals surface area contributed by atoms with Crippen LogP contribution in [0.25, 0.3) is 0 Å². The molecular weight excluding hydrogens is 198 g/mol. The van der Waals surface area contributed by atoms with Crippen LogP contribution in [0, 0.1) is 0 Å². The molecule has 0 aliphatic carbocycles. The van der Waals surface area contributed by atoms with Crippen LogP contribution in [-0.2, 0) is 9.59 Å². The highest BCUT2D eigenvalue weighted by atomic mass is 16.4. The zero-order valence-electron chi connectivity index (χ0n) is 7.75. The number of hydrazine groups is 1. The number of carbonyl (C=O) groups is 2. The van der Waals surface area contributed by atoms with E-state index in [1.165, 1.54) is 5.01 Å². The van der Waals surface area contributed by atoms with Crippen LogP contribution in [0.15, 0.2) is 24.4 Å². The molecule has 6 nitrogen and oxygen atoms in total. The van der Waals surface area contributed by atoms with Gasteiger partial charge in [-0.2, -0.15) is 0 Å². The second-order valence-corrected chi connectivity index (χ2v) is 3.15. The molecule has 0 saturated carbocycles. The van der Waals surface area contributed by atoms with E-state index in [9.17, 15) is 9.59 Å². The Balaban J connectivity index is 2.28. The molecule has 1 saturated heterocycles. The maximum atomic E-state index is 11.1. The predicted molar refractivity (Wildman–Crippen MR) is 50.9 cm³/mol. The van der Waals surface area contributed by atoms with E-state index in [4.69, 9.17) is 5.11 Å². The fourth-order valence-electron chi connectivity index (χ4n) is 1.44. The third-order valence-electron chi connectivity index (χ3n) is 2.12. The Labute approximate surface area is 85.5 Å². The summed E-state index contributed by atoms with van der Waals surface area (Å²) in [7, 11) is 0. The van der Waals surface area contributed by atoms with Crippen molar-refractivity contribution in [3.63, 3.8) is 0 Å². The largest absolute Gasteiger partial charge is 0.480 e. The Morgan fingerprint density at radius 1 is 1.60 bits per heavy atom. The number of aromatic nitrogens is 1. The normalized spacial score (nSPS) is 20.1. The van der Waals surface area contributed by atoms with Gasteiger partial charge in [0.05, 0.1) is 6.42 Å². The zero-order valence-corrected chi connectivity index (χ0v) is 7.75. The van der Waals surface area contributed by atoms with Crippen molar-refractivity contribution < 1.29 is 14.7 Å². The molecule has 1 amide bonds. The third-order valence-corrected chi connectivity index (χ3v) is 2.12. The molecule has 1 unspecified atom stereocenters. The second-order valence-electron chi connectivity index (χ2n) is 3.15. The van der Waals surface area contributed by atoms with E-state index in [-0.39, 0.29) is 12.3 Å². The van der Waals surface area contributed by atoms with Crippen molar-refractivity contribution in [2.75, 3.05) is 5.01 Å². The van der Waals surface area contributed by atoms with E-state index in [1.807, 2.05) is 0 Å². The van der Waals surface area contributed by atoms with E-state index < -0.39 is 12.0 Å². The van der Waals surface area contributed by atoms with Gasteiger partial charge in [-0.25, -0.2) is 9.78 Å². The quantitative estimate of drug-likeness (QED) is 0.700. The molecule has 78 valence electrons. The van der Waals surface area contributed by atoms with E-state index in [2.05, 4.69) is 10.4 Å². The number of nitrogens with zero attached hydrogens (tertiary/aromatic N) is 2. The van der Waals surface area contributed by atoms with Crippen molar-refractivity contribution >= 4 is 17.7 Å². The first-order chi connectivity index (χ1) is 7.18. The van der Waals surface area contributed by atoms with Crippen molar-refractivity contribution in [1.82, 2.24) is 10.4 Å². The fraction of sp³-hybridized carbons (Fsp3) is 0.222. The molecule has 1 aromatic rings. The Morgan fingerprint density at radius 2 is 2.40 bits per heavy atom. The number of carboxylic acids is 1. The summed E-state index contributed by atoms with van der Waals surface area (Å²) in [5, 5.41) is 10.2. The molecule has 1 atom stereocenters. The topological polar surface area (TPSA) is 82.5 Å². The average molecular weight is 207 g/mol. The number of amides is 1. The molecule has 15 heavy (non-hydrogen) atoms. The van der Waals surface area contributed by atoms with Gasteiger partial charge in [-0.1, -0.05) is 6.07 Å². The lowest BCUT2D eigenvalue weighted by Gasteiger charge is -2.20. The van der Waals surface area contributed by atoms with Gasteiger partial charge in [0, 0.05) is 6.20 Å². The van der Waals surface area contributed by atoms with Crippen LogP contribution < -0.4 is 10.4 Å². The molecule has 1 aliphatic heterocycles. The number of carbonyl (C=O) groups excluding carboxylic acids is 1. The molecule has 2 rings (SSSR count). The number of carboxylic acid groups (broad SMARTS) is 1.